The quantitative estimate of drug-likeness (QED) is 0.156. The molecule has 0 aliphatic heterocycles. The van der Waals surface area contributed by atoms with Crippen molar-refractivity contribution in [2.45, 2.75) is 41.5 Å². The van der Waals surface area contributed by atoms with Crippen LogP contribution in [0.2, 0.25) is 0 Å². The molecule has 6 heterocycles. The van der Waals surface area contributed by atoms with E-state index in [2.05, 4.69) is 118 Å². The molecule has 0 saturated carbocycles. The number of hydrogen-bond acceptors (Lipinski definition) is 6. The normalized spacial score (nSPS) is 11.1. The van der Waals surface area contributed by atoms with Crippen molar-refractivity contribution in [3.63, 3.8) is 0 Å². The molecule has 234 valence electrons. The van der Waals surface area contributed by atoms with Crippen molar-refractivity contribution in [2.24, 2.45) is 0 Å². The molecule has 3 aromatic carbocycles. The van der Waals surface area contributed by atoms with Gasteiger partial charge >= 0.3 is 0 Å². The zero-order valence-corrected chi connectivity index (χ0v) is 28.1. The Morgan fingerprint density at radius 3 is 1.19 bits per heavy atom. The zero-order chi connectivity index (χ0) is 33.4. The Bertz CT molecular complexity index is 2460. The highest BCUT2D eigenvalue weighted by Crippen LogP contribution is 2.26. The average Bonchev–Trinajstić information content (AvgIpc) is 3.09. The fraction of sp³-hybridized carbons (Fsp3) is 0.143. The summed E-state index contributed by atoms with van der Waals surface area (Å²) in [6, 6.07) is 29.3. The molecule has 0 radical (unpaired) electrons. The fourth-order valence-corrected chi connectivity index (χ4v) is 6.08. The van der Waals surface area contributed by atoms with Gasteiger partial charge in [0.05, 0.1) is 33.1 Å². The Balaban J connectivity index is 0.000000114. The largest absolute Gasteiger partial charge is 0.254 e. The van der Waals surface area contributed by atoms with Crippen molar-refractivity contribution in [1.82, 2.24) is 29.9 Å². The number of aromatic nitrogens is 6. The highest BCUT2D eigenvalue weighted by molar-refractivity contribution is 6.05. The summed E-state index contributed by atoms with van der Waals surface area (Å²) in [4.78, 5) is 27.0. The molecule has 0 fully saturated rings. The van der Waals surface area contributed by atoms with Gasteiger partial charge in [0, 0.05) is 68.5 Å². The standard InChI is InChI=1S/3C14H12N2/c1-9-3-5-11-7-8-12-6-4-10(2)16-14(12)13(11)15-9;1-9-5-11-3-4-12-6-10(2)8-16-14(12)13(11)15-7-9;1-9-5-7-15-13-11(9)3-4-12-10(2)6-8-16-14(12)13/h3*3-8H,1-2H3. The van der Waals surface area contributed by atoms with Crippen molar-refractivity contribution in [2.75, 3.05) is 0 Å². The number of aryl methyl sites for hydroxylation is 6. The molecule has 6 heteroatoms. The summed E-state index contributed by atoms with van der Waals surface area (Å²) in [6.45, 7) is 12.3. The first-order valence-corrected chi connectivity index (χ1v) is 16.1. The molecular weight excluding hydrogens is 589 g/mol. The molecule has 0 aliphatic carbocycles. The molecule has 0 atom stereocenters. The van der Waals surface area contributed by atoms with Crippen LogP contribution in [0.15, 0.2) is 110 Å². The van der Waals surface area contributed by atoms with Gasteiger partial charge in [-0.1, -0.05) is 48.5 Å². The minimum absolute atomic E-state index is 0.989. The number of hydrogen-bond donors (Lipinski definition) is 0. The van der Waals surface area contributed by atoms with Gasteiger partial charge in [-0.25, -0.2) is 0 Å². The van der Waals surface area contributed by atoms with Gasteiger partial charge in [-0.2, -0.15) is 0 Å². The Hall–Kier alpha value is -5.88. The van der Waals surface area contributed by atoms with Crippen LogP contribution in [-0.2, 0) is 0 Å². The molecule has 6 nitrogen and oxygen atoms in total. The third-order valence-electron chi connectivity index (χ3n) is 8.63. The van der Waals surface area contributed by atoms with Crippen molar-refractivity contribution >= 4 is 65.4 Å². The van der Waals surface area contributed by atoms with E-state index >= 15 is 0 Å². The summed E-state index contributed by atoms with van der Waals surface area (Å²) in [6.07, 6.45) is 7.48. The average molecular weight is 625 g/mol. The summed E-state index contributed by atoms with van der Waals surface area (Å²) in [5.41, 5.74) is 12.9. The van der Waals surface area contributed by atoms with E-state index in [1.54, 1.807) is 0 Å². The predicted octanol–water partition coefficient (Wildman–Crippen LogP) is 10.2. The molecule has 0 bridgehead atoms. The van der Waals surface area contributed by atoms with E-state index in [0.717, 1.165) is 66.0 Å². The molecule has 0 N–H and O–H groups in total. The lowest BCUT2D eigenvalue weighted by atomic mass is 10.0. The summed E-state index contributed by atoms with van der Waals surface area (Å²) in [7, 11) is 0. The Morgan fingerprint density at radius 2 is 0.750 bits per heavy atom. The summed E-state index contributed by atoms with van der Waals surface area (Å²) >= 11 is 0. The Labute approximate surface area is 279 Å². The minimum Gasteiger partial charge on any atom is -0.254 e. The van der Waals surface area contributed by atoms with E-state index < -0.39 is 0 Å². The monoisotopic (exact) mass is 624 g/mol. The van der Waals surface area contributed by atoms with Gasteiger partial charge in [-0.3, -0.25) is 29.9 Å². The Kier molecular flexibility index (Phi) is 8.15. The van der Waals surface area contributed by atoms with E-state index in [9.17, 15) is 0 Å². The number of nitrogens with zero attached hydrogens (tertiary/aromatic N) is 6. The first kappa shape index (κ1) is 30.8. The summed E-state index contributed by atoms with van der Waals surface area (Å²) in [5, 5.41) is 6.99. The van der Waals surface area contributed by atoms with Crippen molar-refractivity contribution in [3.8, 4) is 0 Å². The predicted molar refractivity (Wildman–Crippen MR) is 200 cm³/mol. The topological polar surface area (TPSA) is 77.3 Å². The van der Waals surface area contributed by atoms with Crippen LogP contribution in [0.25, 0.3) is 65.4 Å². The SMILES string of the molecule is Cc1ccc2ccc3ccc(C)nc3c2n1.Cc1ccnc2c1ccc1c(C)ccnc12.Cc1cnc2c(ccc3cc(C)cnc32)c1. The number of rotatable bonds is 0. The number of fused-ring (bicyclic) bond motifs is 9. The van der Waals surface area contributed by atoms with Crippen LogP contribution in [0.4, 0.5) is 0 Å². The lowest BCUT2D eigenvalue weighted by molar-refractivity contribution is 1.23. The van der Waals surface area contributed by atoms with Crippen LogP contribution in [0.3, 0.4) is 0 Å². The molecule has 0 spiro atoms. The second-order valence-corrected chi connectivity index (χ2v) is 12.5. The first-order valence-electron chi connectivity index (χ1n) is 16.1. The fourth-order valence-electron chi connectivity index (χ4n) is 6.08. The molecule has 9 aromatic rings. The van der Waals surface area contributed by atoms with Crippen LogP contribution < -0.4 is 0 Å². The lowest BCUT2D eigenvalue weighted by Gasteiger charge is -2.06. The van der Waals surface area contributed by atoms with Crippen LogP contribution in [0, 0.1) is 41.5 Å². The van der Waals surface area contributed by atoms with Crippen LogP contribution >= 0.6 is 0 Å². The second-order valence-electron chi connectivity index (χ2n) is 12.5. The third kappa shape index (κ3) is 6.00. The van der Waals surface area contributed by atoms with Crippen molar-refractivity contribution < 1.29 is 0 Å². The minimum atomic E-state index is 0.989. The smallest absolute Gasteiger partial charge is 0.0967 e. The van der Waals surface area contributed by atoms with E-state index in [4.69, 9.17) is 0 Å². The van der Waals surface area contributed by atoms with Crippen LogP contribution in [0.1, 0.15) is 33.6 Å². The summed E-state index contributed by atoms with van der Waals surface area (Å²) < 4.78 is 0. The van der Waals surface area contributed by atoms with E-state index in [1.165, 1.54) is 33.0 Å². The molecule has 0 unspecified atom stereocenters. The van der Waals surface area contributed by atoms with Gasteiger partial charge in [0.2, 0.25) is 0 Å². The highest BCUT2D eigenvalue weighted by Gasteiger charge is 2.07. The summed E-state index contributed by atoms with van der Waals surface area (Å²) in [5.74, 6) is 0. The first-order chi connectivity index (χ1) is 23.2. The van der Waals surface area contributed by atoms with E-state index in [1.807, 2.05) is 62.9 Å². The van der Waals surface area contributed by atoms with Gasteiger partial charge in [0.15, 0.2) is 0 Å². The zero-order valence-electron chi connectivity index (χ0n) is 28.1. The van der Waals surface area contributed by atoms with Gasteiger partial charge in [0.1, 0.15) is 0 Å². The van der Waals surface area contributed by atoms with Gasteiger partial charge in [-0.15, -0.1) is 0 Å². The molecule has 0 aliphatic rings. The number of benzene rings is 3. The van der Waals surface area contributed by atoms with Crippen molar-refractivity contribution in [3.05, 3.63) is 143 Å². The molecule has 0 amide bonds. The maximum absolute atomic E-state index is 4.58. The third-order valence-corrected chi connectivity index (χ3v) is 8.63. The maximum atomic E-state index is 4.58. The molecule has 9 rings (SSSR count). The van der Waals surface area contributed by atoms with Gasteiger partial charge in [-0.05, 0) is 100 Å². The van der Waals surface area contributed by atoms with E-state index in [-0.39, 0.29) is 0 Å². The van der Waals surface area contributed by atoms with Crippen molar-refractivity contribution in [1.29, 1.82) is 0 Å². The lowest BCUT2D eigenvalue weighted by Crippen LogP contribution is -1.89. The maximum Gasteiger partial charge on any atom is 0.0967 e. The highest BCUT2D eigenvalue weighted by atomic mass is 14.8. The second kappa shape index (κ2) is 12.7. The molecule has 6 aromatic heterocycles. The number of pyridine rings is 6. The molecular formula is C42H36N6. The van der Waals surface area contributed by atoms with E-state index in [0.29, 0.717) is 0 Å². The van der Waals surface area contributed by atoms with Crippen LogP contribution in [-0.4, -0.2) is 29.9 Å². The van der Waals surface area contributed by atoms with Gasteiger partial charge < -0.3 is 0 Å². The molecule has 0 saturated heterocycles. The van der Waals surface area contributed by atoms with Crippen LogP contribution in [0.5, 0.6) is 0 Å². The molecule has 48 heavy (non-hydrogen) atoms. The van der Waals surface area contributed by atoms with Gasteiger partial charge in [0.25, 0.3) is 0 Å². The Morgan fingerprint density at radius 1 is 0.354 bits per heavy atom.